The fourth-order valence-corrected chi connectivity index (χ4v) is 3.57. The van der Waals surface area contributed by atoms with E-state index in [0.29, 0.717) is 39.6 Å². The zero-order chi connectivity index (χ0) is 29.3. The molecule has 0 spiro atoms. The molecule has 40 heavy (non-hydrogen) atoms. The van der Waals surface area contributed by atoms with Crippen LogP contribution in [0.2, 0.25) is 0 Å². The SMILES string of the molecule is CCN(CCOCCOCCOCCOCCOC(=O)c1cc(C(=O)O)ccc1C(=O)O)c1ccc(N)c(C)c1. The number of nitrogens with two attached hydrogens (primary N) is 1. The minimum Gasteiger partial charge on any atom is -0.478 e. The van der Waals surface area contributed by atoms with Crippen molar-refractivity contribution in [3.63, 3.8) is 0 Å². The van der Waals surface area contributed by atoms with Crippen molar-refractivity contribution in [3.8, 4) is 0 Å². The van der Waals surface area contributed by atoms with Gasteiger partial charge in [0.15, 0.2) is 0 Å². The number of hydrogen-bond donors (Lipinski definition) is 3. The fraction of sp³-hybridized carbons (Fsp3) is 0.464. The van der Waals surface area contributed by atoms with Gasteiger partial charge < -0.3 is 44.5 Å². The average molecular weight is 563 g/mol. The van der Waals surface area contributed by atoms with Crippen molar-refractivity contribution in [1.82, 2.24) is 0 Å². The molecule has 0 heterocycles. The van der Waals surface area contributed by atoms with Crippen LogP contribution in [-0.4, -0.2) is 101 Å². The molecule has 0 saturated carbocycles. The summed E-state index contributed by atoms with van der Waals surface area (Å²) in [5.41, 5.74) is 7.96. The number of nitrogen functional groups attached to an aromatic ring is 1. The third kappa shape index (κ3) is 11.2. The number of aryl methyl sites for hydroxylation is 1. The number of carboxylic acid groups (broad SMARTS) is 2. The van der Waals surface area contributed by atoms with Gasteiger partial charge in [-0.15, -0.1) is 0 Å². The van der Waals surface area contributed by atoms with Crippen molar-refractivity contribution in [2.24, 2.45) is 0 Å². The number of benzene rings is 2. The molecule has 2 rings (SSSR count). The summed E-state index contributed by atoms with van der Waals surface area (Å²) in [6.45, 7) is 8.55. The lowest BCUT2D eigenvalue weighted by Crippen LogP contribution is -2.27. The molecule has 12 heteroatoms. The van der Waals surface area contributed by atoms with Crippen LogP contribution in [-0.2, 0) is 23.7 Å². The van der Waals surface area contributed by atoms with E-state index in [4.69, 9.17) is 34.5 Å². The standard InChI is InChI=1S/C28H38N2O10/c1-3-30(22-5-7-25(29)20(2)18-22)8-9-36-10-11-37-12-13-38-14-15-39-16-17-40-28(35)24-19-21(26(31)32)4-6-23(24)27(33)34/h4-7,18-19H,3,8-17,29H2,1-2H3,(H,31,32)(H,33,34). The first-order chi connectivity index (χ1) is 19.2. The van der Waals surface area contributed by atoms with Gasteiger partial charge in [-0.05, 0) is 55.8 Å². The highest BCUT2D eigenvalue weighted by Gasteiger charge is 2.20. The van der Waals surface area contributed by atoms with E-state index in [2.05, 4.69) is 17.9 Å². The van der Waals surface area contributed by atoms with E-state index in [1.54, 1.807) is 0 Å². The van der Waals surface area contributed by atoms with E-state index >= 15 is 0 Å². The number of aromatic carboxylic acids is 2. The van der Waals surface area contributed by atoms with Gasteiger partial charge in [-0.1, -0.05) is 0 Å². The van der Waals surface area contributed by atoms with E-state index < -0.39 is 17.9 Å². The van der Waals surface area contributed by atoms with E-state index in [1.165, 1.54) is 0 Å². The van der Waals surface area contributed by atoms with Crippen LogP contribution >= 0.6 is 0 Å². The Kier molecular flexibility index (Phi) is 14.5. The van der Waals surface area contributed by atoms with E-state index in [9.17, 15) is 19.5 Å². The summed E-state index contributed by atoms with van der Waals surface area (Å²) < 4.78 is 26.9. The van der Waals surface area contributed by atoms with Crippen molar-refractivity contribution in [1.29, 1.82) is 0 Å². The monoisotopic (exact) mass is 562 g/mol. The van der Waals surface area contributed by atoms with Crippen LogP contribution in [0.5, 0.6) is 0 Å². The molecule has 12 nitrogen and oxygen atoms in total. The van der Waals surface area contributed by atoms with Crippen LogP contribution in [0.25, 0.3) is 0 Å². The predicted octanol–water partition coefficient (Wildman–Crippen LogP) is 2.72. The lowest BCUT2D eigenvalue weighted by atomic mass is 10.0. The van der Waals surface area contributed by atoms with Crippen molar-refractivity contribution in [3.05, 3.63) is 58.7 Å². The number of esters is 1. The van der Waals surface area contributed by atoms with Crippen molar-refractivity contribution in [2.45, 2.75) is 13.8 Å². The van der Waals surface area contributed by atoms with Crippen LogP contribution in [0.1, 0.15) is 43.6 Å². The van der Waals surface area contributed by atoms with Gasteiger partial charge in [0, 0.05) is 24.5 Å². The van der Waals surface area contributed by atoms with Gasteiger partial charge in [0.2, 0.25) is 0 Å². The average Bonchev–Trinajstić information content (AvgIpc) is 2.93. The molecule has 0 aliphatic heterocycles. The Labute approximate surface area is 233 Å². The molecule has 2 aromatic carbocycles. The molecule has 0 saturated heterocycles. The Balaban J connectivity index is 1.46. The molecule has 0 unspecified atom stereocenters. The van der Waals surface area contributed by atoms with Crippen molar-refractivity contribution < 1.29 is 48.3 Å². The number of rotatable bonds is 20. The first kappa shape index (κ1) is 32.5. The maximum absolute atomic E-state index is 12.2. The molecule has 0 atom stereocenters. The fourth-order valence-electron chi connectivity index (χ4n) is 3.57. The lowest BCUT2D eigenvalue weighted by Gasteiger charge is -2.23. The van der Waals surface area contributed by atoms with Gasteiger partial charge in [0.05, 0.1) is 69.5 Å². The van der Waals surface area contributed by atoms with Crippen molar-refractivity contribution >= 4 is 29.3 Å². The smallest absolute Gasteiger partial charge is 0.339 e. The Morgan fingerprint density at radius 2 is 1.32 bits per heavy atom. The molecule has 0 aliphatic rings. The summed E-state index contributed by atoms with van der Waals surface area (Å²) in [4.78, 5) is 36.8. The minimum absolute atomic E-state index is 0.0668. The molecule has 0 aliphatic carbocycles. The van der Waals surface area contributed by atoms with E-state index in [1.807, 2.05) is 19.1 Å². The highest BCUT2D eigenvalue weighted by molar-refractivity contribution is 6.04. The highest BCUT2D eigenvalue weighted by atomic mass is 16.6. The second-order valence-electron chi connectivity index (χ2n) is 8.58. The Hall–Kier alpha value is -3.71. The third-order valence-corrected chi connectivity index (χ3v) is 5.80. The van der Waals surface area contributed by atoms with Crippen molar-refractivity contribution in [2.75, 3.05) is 83.2 Å². The minimum atomic E-state index is -1.36. The molecule has 0 radical (unpaired) electrons. The molecule has 2 aromatic rings. The Morgan fingerprint density at radius 3 is 1.85 bits per heavy atom. The van der Waals surface area contributed by atoms with Crippen LogP contribution in [0.4, 0.5) is 11.4 Å². The maximum atomic E-state index is 12.2. The number of hydrogen-bond acceptors (Lipinski definition) is 10. The first-order valence-corrected chi connectivity index (χ1v) is 12.9. The zero-order valence-electron chi connectivity index (χ0n) is 22.9. The summed E-state index contributed by atoms with van der Waals surface area (Å²) in [6.07, 6.45) is 0. The van der Waals surface area contributed by atoms with Crippen LogP contribution < -0.4 is 10.6 Å². The number of carboxylic acids is 2. The van der Waals surface area contributed by atoms with Crippen LogP contribution in [0.3, 0.4) is 0 Å². The first-order valence-electron chi connectivity index (χ1n) is 12.9. The molecular weight excluding hydrogens is 524 g/mol. The highest BCUT2D eigenvalue weighted by Crippen LogP contribution is 2.20. The molecular formula is C28H38N2O10. The van der Waals surface area contributed by atoms with Gasteiger partial charge in [0.25, 0.3) is 0 Å². The Morgan fingerprint density at radius 1 is 0.750 bits per heavy atom. The molecule has 4 N–H and O–H groups in total. The second kappa shape index (κ2) is 17.8. The number of likely N-dealkylation sites (N-methyl/N-ethyl adjacent to an activating group) is 1. The van der Waals surface area contributed by atoms with Crippen LogP contribution in [0, 0.1) is 6.92 Å². The number of carbonyl (C=O) groups excluding carboxylic acids is 1. The molecule has 0 amide bonds. The summed E-state index contributed by atoms with van der Waals surface area (Å²) in [5, 5.41) is 18.3. The van der Waals surface area contributed by atoms with Gasteiger partial charge in [0.1, 0.15) is 6.61 Å². The number of ether oxygens (including phenoxy) is 5. The number of nitrogens with zero attached hydrogens (tertiary/aromatic N) is 1. The topological polar surface area (TPSA) is 167 Å². The zero-order valence-corrected chi connectivity index (χ0v) is 22.9. The number of carbonyl (C=O) groups is 3. The normalized spacial score (nSPS) is 10.8. The third-order valence-electron chi connectivity index (χ3n) is 5.80. The van der Waals surface area contributed by atoms with E-state index in [0.717, 1.165) is 48.2 Å². The summed E-state index contributed by atoms with van der Waals surface area (Å²) >= 11 is 0. The van der Waals surface area contributed by atoms with Gasteiger partial charge in [-0.2, -0.15) is 0 Å². The predicted molar refractivity (Wildman–Crippen MR) is 147 cm³/mol. The van der Waals surface area contributed by atoms with Gasteiger partial charge in [-0.3, -0.25) is 0 Å². The summed E-state index contributed by atoms with van der Waals surface area (Å²) in [6, 6.07) is 9.14. The molecule has 220 valence electrons. The number of anilines is 2. The summed E-state index contributed by atoms with van der Waals surface area (Å²) in [7, 11) is 0. The largest absolute Gasteiger partial charge is 0.478 e. The maximum Gasteiger partial charge on any atom is 0.339 e. The summed E-state index contributed by atoms with van der Waals surface area (Å²) in [5.74, 6) is -3.59. The quantitative estimate of drug-likeness (QED) is 0.123. The lowest BCUT2D eigenvalue weighted by molar-refractivity contribution is -0.00848. The van der Waals surface area contributed by atoms with Crippen LogP contribution in [0.15, 0.2) is 36.4 Å². The van der Waals surface area contributed by atoms with Gasteiger partial charge >= 0.3 is 17.9 Å². The molecule has 0 bridgehead atoms. The Bertz CT molecular complexity index is 1110. The molecule has 0 fully saturated rings. The van der Waals surface area contributed by atoms with E-state index in [-0.39, 0.29) is 36.5 Å². The second-order valence-corrected chi connectivity index (χ2v) is 8.58. The molecule has 0 aromatic heterocycles. The van der Waals surface area contributed by atoms with Gasteiger partial charge in [-0.25, -0.2) is 14.4 Å².